The molecule has 1 N–H and O–H groups in total. The Balaban J connectivity index is 1.51. The minimum atomic E-state index is -0.270. The van der Waals surface area contributed by atoms with Gasteiger partial charge in [0.15, 0.2) is 10.1 Å². The molecule has 3 aromatic heterocycles. The van der Waals surface area contributed by atoms with E-state index in [0.717, 1.165) is 38.7 Å². The van der Waals surface area contributed by atoms with Crippen molar-refractivity contribution in [2.45, 2.75) is 43.3 Å². The maximum absolute atomic E-state index is 13.1. The number of furan rings is 1. The van der Waals surface area contributed by atoms with Gasteiger partial charge in [0.2, 0.25) is 5.88 Å². The van der Waals surface area contributed by atoms with E-state index in [-0.39, 0.29) is 5.91 Å². The molecule has 4 aromatic rings. The molecular formula is C23H24N4O3S2. The van der Waals surface area contributed by atoms with E-state index in [9.17, 15) is 4.79 Å². The molecular weight excluding hydrogens is 444 g/mol. The Hall–Kier alpha value is -2.91. The Morgan fingerprint density at radius 2 is 2.09 bits per heavy atom. The SMILES string of the molecule is CCCCOc1ncccc1CNC(=O)c1oc2ccccc2c1CSc1nnc(C)s1. The lowest BCUT2D eigenvalue weighted by atomic mass is 10.1. The van der Waals surface area contributed by atoms with Crippen molar-refractivity contribution in [2.75, 3.05) is 6.61 Å². The van der Waals surface area contributed by atoms with Gasteiger partial charge in [0, 0.05) is 35.0 Å². The van der Waals surface area contributed by atoms with Crippen molar-refractivity contribution in [3.05, 3.63) is 64.5 Å². The topological polar surface area (TPSA) is 90.1 Å². The first kappa shape index (κ1) is 22.3. The lowest BCUT2D eigenvalue weighted by Crippen LogP contribution is -2.23. The second kappa shape index (κ2) is 10.6. The Bertz CT molecular complexity index is 1200. The second-order valence-corrected chi connectivity index (χ2v) is 9.54. The molecule has 0 fully saturated rings. The molecule has 166 valence electrons. The summed E-state index contributed by atoms with van der Waals surface area (Å²) in [4.78, 5) is 17.4. The van der Waals surface area contributed by atoms with Crippen LogP contribution in [-0.2, 0) is 12.3 Å². The van der Waals surface area contributed by atoms with Crippen LogP contribution in [0.4, 0.5) is 0 Å². The largest absolute Gasteiger partial charge is 0.477 e. The fourth-order valence-corrected chi connectivity index (χ4v) is 5.00. The van der Waals surface area contributed by atoms with Crippen molar-refractivity contribution < 1.29 is 13.9 Å². The molecule has 1 aromatic carbocycles. The van der Waals surface area contributed by atoms with Crippen LogP contribution in [0.1, 0.15) is 46.5 Å². The number of carbonyl (C=O) groups excluding carboxylic acids is 1. The molecule has 0 saturated heterocycles. The summed E-state index contributed by atoms with van der Waals surface area (Å²) < 4.78 is 12.6. The summed E-state index contributed by atoms with van der Waals surface area (Å²) >= 11 is 3.08. The molecule has 1 amide bonds. The highest BCUT2D eigenvalue weighted by Gasteiger charge is 2.21. The number of unbranched alkanes of at least 4 members (excludes halogenated alkanes) is 1. The fourth-order valence-electron chi connectivity index (χ4n) is 3.15. The average Bonchev–Trinajstić information content (AvgIpc) is 3.40. The molecule has 0 saturated carbocycles. The maximum Gasteiger partial charge on any atom is 0.287 e. The number of carbonyl (C=O) groups is 1. The van der Waals surface area contributed by atoms with Crippen molar-refractivity contribution >= 4 is 40.0 Å². The third kappa shape index (κ3) is 5.28. The maximum atomic E-state index is 13.1. The molecule has 0 unspecified atom stereocenters. The molecule has 0 atom stereocenters. The number of fused-ring (bicyclic) bond motifs is 1. The average molecular weight is 469 g/mol. The molecule has 4 rings (SSSR count). The van der Waals surface area contributed by atoms with Crippen molar-refractivity contribution in [2.24, 2.45) is 0 Å². The number of ether oxygens (including phenoxy) is 1. The number of aromatic nitrogens is 3. The van der Waals surface area contributed by atoms with Gasteiger partial charge in [-0.1, -0.05) is 60.7 Å². The minimum absolute atomic E-state index is 0.270. The van der Waals surface area contributed by atoms with Crippen LogP contribution in [0, 0.1) is 6.92 Å². The summed E-state index contributed by atoms with van der Waals surface area (Å²) in [7, 11) is 0. The third-order valence-corrected chi connectivity index (χ3v) is 6.78. The number of nitrogens with one attached hydrogen (secondary N) is 1. The summed E-state index contributed by atoms with van der Waals surface area (Å²) in [5.41, 5.74) is 2.36. The van der Waals surface area contributed by atoms with E-state index < -0.39 is 0 Å². The van der Waals surface area contributed by atoms with Crippen LogP contribution in [0.15, 0.2) is 51.4 Å². The van der Waals surface area contributed by atoms with E-state index in [4.69, 9.17) is 9.15 Å². The van der Waals surface area contributed by atoms with E-state index in [0.29, 0.717) is 36.1 Å². The van der Waals surface area contributed by atoms with Gasteiger partial charge >= 0.3 is 0 Å². The Labute approximate surface area is 194 Å². The van der Waals surface area contributed by atoms with Crippen LogP contribution in [0.3, 0.4) is 0 Å². The number of pyridine rings is 1. The molecule has 9 heteroatoms. The monoisotopic (exact) mass is 468 g/mol. The highest BCUT2D eigenvalue weighted by Crippen LogP contribution is 2.33. The molecule has 7 nitrogen and oxygen atoms in total. The number of hydrogen-bond donors (Lipinski definition) is 1. The van der Waals surface area contributed by atoms with Crippen LogP contribution < -0.4 is 10.1 Å². The second-order valence-electron chi connectivity index (χ2n) is 7.13. The molecule has 32 heavy (non-hydrogen) atoms. The number of rotatable bonds is 10. The molecule has 0 bridgehead atoms. The Morgan fingerprint density at radius 1 is 1.22 bits per heavy atom. The number of hydrogen-bond acceptors (Lipinski definition) is 8. The summed E-state index contributed by atoms with van der Waals surface area (Å²) in [6.45, 7) is 4.93. The number of amides is 1. The lowest BCUT2D eigenvalue weighted by molar-refractivity contribution is 0.0924. The van der Waals surface area contributed by atoms with Crippen molar-refractivity contribution in [1.82, 2.24) is 20.5 Å². The summed E-state index contributed by atoms with van der Waals surface area (Å²) in [6.07, 6.45) is 3.69. The van der Waals surface area contributed by atoms with Crippen molar-refractivity contribution in [3.63, 3.8) is 0 Å². The van der Waals surface area contributed by atoms with Gasteiger partial charge < -0.3 is 14.5 Å². The molecule has 0 radical (unpaired) electrons. The van der Waals surface area contributed by atoms with Gasteiger partial charge in [-0.15, -0.1) is 10.2 Å². The van der Waals surface area contributed by atoms with E-state index in [1.165, 1.54) is 11.3 Å². The molecule has 0 aliphatic rings. The number of benzene rings is 1. The highest BCUT2D eigenvalue weighted by atomic mass is 32.2. The zero-order valence-corrected chi connectivity index (χ0v) is 19.6. The van der Waals surface area contributed by atoms with Crippen LogP contribution in [0.25, 0.3) is 11.0 Å². The standard InChI is InChI=1S/C23H24N4O3S2/c1-3-4-12-29-22-16(8-7-11-24-22)13-25-21(28)20-18(14-31-23-27-26-15(2)32-23)17-9-5-6-10-19(17)30-20/h5-11H,3-4,12-14H2,1-2H3,(H,25,28). The van der Waals surface area contributed by atoms with Crippen LogP contribution in [0.2, 0.25) is 0 Å². The fraction of sp³-hybridized carbons (Fsp3) is 0.304. The Kier molecular flexibility index (Phi) is 7.39. The molecule has 0 aliphatic heterocycles. The number of nitrogens with zero attached hydrogens (tertiary/aromatic N) is 3. The van der Waals surface area contributed by atoms with E-state index >= 15 is 0 Å². The highest BCUT2D eigenvalue weighted by molar-refractivity contribution is 8.00. The predicted molar refractivity (Wildman–Crippen MR) is 126 cm³/mol. The summed E-state index contributed by atoms with van der Waals surface area (Å²) in [6, 6.07) is 11.4. The van der Waals surface area contributed by atoms with Gasteiger partial charge in [-0.3, -0.25) is 4.79 Å². The van der Waals surface area contributed by atoms with Crippen LogP contribution >= 0.6 is 23.1 Å². The zero-order valence-electron chi connectivity index (χ0n) is 18.0. The number of aryl methyl sites for hydroxylation is 1. The summed E-state index contributed by atoms with van der Waals surface area (Å²) in [5, 5.41) is 13.0. The van der Waals surface area contributed by atoms with E-state index in [2.05, 4.69) is 27.4 Å². The smallest absolute Gasteiger partial charge is 0.287 e. The van der Waals surface area contributed by atoms with Crippen LogP contribution in [-0.4, -0.2) is 27.7 Å². The van der Waals surface area contributed by atoms with Crippen molar-refractivity contribution in [3.8, 4) is 5.88 Å². The zero-order chi connectivity index (χ0) is 22.3. The van der Waals surface area contributed by atoms with Gasteiger partial charge in [-0.25, -0.2) is 4.98 Å². The van der Waals surface area contributed by atoms with E-state index in [1.807, 2.05) is 43.3 Å². The first-order chi connectivity index (χ1) is 15.7. The number of para-hydroxylation sites is 1. The quantitative estimate of drug-likeness (QED) is 0.246. The molecule has 0 spiro atoms. The van der Waals surface area contributed by atoms with Gasteiger partial charge in [0.1, 0.15) is 10.6 Å². The van der Waals surface area contributed by atoms with Crippen LogP contribution in [0.5, 0.6) is 5.88 Å². The third-order valence-electron chi connectivity index (χ3n) is 4.78. The van der Waals surface area contributed by atoms with E-state index in [1.54, 1.807) is 18.0 Å². The first-order valence-corrected chi connectivity index (χ1v) is 12.2. The molecule has 0 aliphatic carbocycles. The predicted octanol–water partition coefficient (Wildman–Crippen LogP) is 5.39. The van der Waals surface area contributed by atoms with Crippen molar-refractivity contribution in [1.29, 1.82) is 0 Å². The first-order valence-electron chi connectivity index (χ1n) is 10.4. The van der Waals surface area contributed by atoms with Gasteiger partial charge in [-0.2, -0.15) is 0 Å². The van der Waals surface area contributed by atoms with Gasteiger partial charge in [-0.05, 0) is 25.5 Å². The lowest BCUT2D eigenvalue weighted by Gasteiger charge is -2.10. The molecule has 3 heterocycles. The Morgan fingerprint density at radius 3 is 2.91 bits per heavy atom. The van der Waals surface area contributed by atoms with Gasteiger partial charge in [0.25, 0.3) is 5.91 Å². The minimum Gasteiger partial charge on any atom is -0.477 e. The summed E-state index contributed by atoms with van der Waals surface area (Å²) in [5.74, 6) is 1.16. The van der Waals surface area contributed by atoms with Gasteiger partial charge in [0.05, 0.1) is 6.61 Å². The number of thioether (sulfide) groups is 1. The normalized spacial score (nSPS) is 11.1.